The molecular formula is C24H27FN4O6S2. The van der Waals surface area contributed by atoms with Gasteiger partial charge in [0, 0.05) is 24.7 Å². The summed E-state index contributed by atoms with van der Waals surface area (Å²) in [6, 6.07) is 9.08. The van der Waals surface area contributed by atoms with Crippen molar-refractivity contribution >= 4 is 48.9 Å². The SMILES string of the molecule is CC(C)CC1CC(=O)C(C2=NS(=O)(=O)c3cc(NS(C)(=O)=O)ccc3N2)C(=O)N1Cc1ccc(F)cc1. The lowest BCUT2D eigenvalue weighted by Gasteiger charge is -2.40. The highest BCUT2D eigenvalue weighted by atomic mass is 32.2. The number of ketones is 1. The molecule has 13 heteroatoms. The van der Waals surface area contributed by atoms with Crippen LogP contribution in [0.25, 0.3) is 0 Å². The van der Waals surface area contributed by atoms with E-state index in [1.807, 2.05) is 13.8 Å². The van der Waals surface area contributed by atoms with Crippen molar-refractivity contribution in [1.82, 2.24) is 4.90 Å². The Kier molecular flexibility index (Phi) is 7.12. The molecule has 0 aliphatic carbocycles. The number of sulfonamides is 2. The van der Waals surface area contributed by atoms with Crippen LogP contribution in [0.2, 0.25) is 0 Å². The Hall–Kier alpha value is -3.32. The lowest BCUT2D eigenvalue weighted by molar-refractivity contribution is -0.147. The summed E-state index contributed by atoms with van der Waals surface area (Å²) < 4.78 is 68.4. The summed E-state index contributed by atoms with van der Waals surface area (Å²) in [6.07, 6.45) is 1.50. The highest BCUT2D eigenvalue weighted by Gasteiger charge is 2.45. The molecule has 198 valence electrons. The molecule has 1 fully saturated rings. The zero-order valence-electron chi connectivity index (χ0n) is 20.4. The third-order valence-corrected chi connectivity index (χ3v) is 7.99. The lowest BCUT2D eigenvalue weighted by Crippen LogP contribution is -2.55. The molecule has 1 amide bonds. The van der Waals surface area contributed by atoms with Crippen LogP contribution in [0.15, 0.2) is 51.8 Å². The fraction of sp³-hybridized carbons (Fsp3) is 0.375. The first-order chi connectivity index (χ1) is 17.2. The van der Waals surface area contributed by atoms with Crippen molar-refractivity contribution < 1.29 is 30.8 Å². The average molecular weight is 551 g/mol. The molecule has 2 atom stereocenters. The maximum absolute atomic E-state index is 13.7. The van der Waals surface area contributed by atoms with Gasteiger partial charge in [0.1, 0.15) is 16.5 Å². The second-order valence-electron chi connectivity index (χ2n) is 9.64. The smallest absolute Gasteiger partial charge is 0.286 e. The highest BCUT2D eigenvalue weighted by molar-refractivity contribution is 7.92. The van der Waals surface area contributed by atoms with Crippen LogP contribution in [-0.4, -0.2) is 51.6 Å². The van der Waals surface area contributed by atoms with Crippen LogP contribution in [0.4, 0.5) is 15.8 Å². The number of amidine groups is 1. The Morgan fingerprint density at radius 1 is 1.16 bits per heavy atom. The summed E-state index contributed by atoms with van der Waals surface area (Å²) in [5, 5.41) is 2.80. The van der Waals surface area contributed by atoms with E-state index in [2.05, 4.69) is 14.4 Å². The number of carbonyl (C=O) groups excluding carboxylic acids is 2. The van der Waals surface area contributed by atoms with Gasteiger partial charge in [-0.25, -0.2) is 12.8 Å². The second-order valence-corrected chi connectivity index (χ2v) is 13.0. The van der Waals surface area contributed by atoms with E-state index in [9.17, 15) is 30.8 Å². The standard InChI is InChI=1S/C24H27FN4O6S2/c1-14(2)10-18-12-20(30)22(24(31)29(18)13-15-4-6-16(25)7-5-15)23-26-19-9-8-17(27-36(3,32)33)11-21(19)37(34,35)28-23/h4-9,11,14,18,22,27H,10,12-13H2,1-3H3,(H,26,28). The minimum atomic E-state index is -4.35. The van der Waals surface area contributed by atoms with Gasteiger partial charge in [0.05, 0.1) is 11.9 Å². The van der Waals surface area contributed by atoms with Gasteiger partial charge in [-0.1, -0.05) is 26.0 Å². The molecule has 10 nitrogen and oxygen atoms in total. The van der Waals surface area contributed by atoms with Gasteiger partial charge in [0.2, 0.25) is 15.9 Å². The van der Waals surface area contributed by atoms with Crippen molar-refractivity contribution in [3.63, 3.8) is 0 Å². The van der Waals surface area contributed by atoms with Crippen LogP contribution in [0.5, 0.6) is 0 Å². The molecule has 2 aromatic rings. The number of Topliss-reactive ketones (excluding diaryl/α,β-unsaturated/α-hetero) is 1. The zero-order chi connectivity index (χ0) is 27.1. The summed E-state index contributed by atoms with van der Waals surface area (Å²) in [6.45, 7) is 4.07. The van der Waals surface area contributed by atoms with Gasteiger partial charge in [-0.3, -0.25) is 14.3 Å². The van der Waals surface area contributed by atoms with Gasteiger partial charge >= 0.3 is 0 Å². The van der Waals surface area contributed by atoms with Crippen LogP contribution in [-0.2, 0) is 36.2 Å². The first kappa shape index (κ1) is 26.7. The summed E-state index contributed by atoms with van der Waals surface area (Å²) in [5.74, 6) is -3.04. The molecule has 37 heavy (non-hydrogen) atoms. The predicted octanol–water partition coefficient (Wildman–Crippen LogP) is 2.74. The number of piperidine rings is 1. The zero-order valence-corrected chi connectivity index (χ0v) is 22.1. The lowest BCUT2D eigenvalue weighted by atomic mass is 9.85. The van der Waals surface area contributed by atoms with E-state index in [1.165, 1.54) is 29.2 Å². The van der Waals surface area contributed by atoms with Gasteiger partial charge in [0.15, 0.2) is 11.7 Å². The third-order valence-electron chi connectivity index (χ3n) is 6.06. The number of benzene rings is 2. The topological polar surface area (TPSA) is 142 Å². The van der Waals surface area contributed by atoms with Crippen LogP contribution in [0.3, 0.4) is 0 Å². The molecule has 0 bridgehead atoms. The molecular weight excluding hydrogens is 523 g/mol. The normalized spacial score (nSPS) is 21.3. The number of carbonyl (C=O) groups is 2. The van der Waals surface area contributed by atoms with Crippen molar-refractivity contribution in [2.24, 2.45) is 16.2 Å². The van der Waals surface area contributed by atoms with Crippen LogP contribution < -0.4 is 10.0 Å². The number of anilines is 2. The largest absolute Gasteiger partial charge is 0.341 e. The van der Waals surface area contributed by atoms with E-state index in [4.69, 9.17) is 0 Å². The number of hydrogen-bond donors (Lipinski definition) is 2. The van der Waals surface area contributed by atoms with Crippen LogP contribution >= 0.6 is 0 Å². The molecule has 2 aliphatic heterocycles. The molecule has 2 aromatic carbocycles. The Bertz CT molecular complexity index is 1490. The summed E-state index contributed by atoms with van der Waals surface area (Å²) in [7, 11) is -8.00. The summed E-state index contributed by atoms with van der Waals surface area (Å²) in [5.41, 5.74) is 0.759. The van der Waals surface area contributed by atoms with Crippen molar-refractivity contribution in [2.75, 3.05) is 16.3 Å². The van der Waals surface area contributed by atoms with Crippen LogP contribution in [0.1, 0.15) is 32.3 Å². The highest BCUT2D eigenvalue weighted by Crippen LogP contribution is 2.34. The number of halogens is 1. The molecule has 1 saturated heterocycles. The van der Waals surface area contributed by atoms with Gasteiger partial charge in [-0.05, 0) is 48.2 Å². The quantitative estimate of drug-likeness (QED) is 0.505. The Balaban J connectivity index is 1.68. The van der Waals surface area contributed by atoms with E-state index in [0.29, 0.717) is 12.0 Å². The van der Waals surface area contributed by atoms with Gasteiger partial charge in [0.25, 0.3) is 10.0 Å². The van der Waals surface area contributed by atoms with E-state index in [-0.39, 0.29) is 41.0 Å². The van der Waals surface area contributed by atoms with E-state index in [1.54, 1.807) is 12.1 Å². The third kappa shape index (κ3) is 5.99. The molecule has 0 radical (unpaired) electrons. The predicted molar refractivity (Wildman–Crippen MR) is 136 cm³/mol. The van der Waals surface area contributed by atoms with E-state index >= 15 is 0 Å². The Morgan fingerprint density at radius 2 is 1.84 bits per heavy atom. The molecule has 2 N–H and O–H groups in total. The maximum atomic E-state index is 13.7. The first-order valence-electron chi connectivity index (χ1n) is 11.5. The number of likely N-dealkylation sites (tertiary alicyclic amines) is 1. The van der Waals surface area contributed by atoms with Gasteiger partial charge < -0.3 is 10.2 Å². The fourth-order valence-electron chi connectivity index (χ4n) is 4.54. The number of nitrogens with zero attached hydrogens (tertiary/aromatic N) is 2. The average Bonchev–Trinajstić information content (AvgIpc) is 2.76. The molecule has 0 saturated carbocycles. The first-order valence-corrected chi connectivity index (χ1v) is 14.9. The monoisotopic (exact) mass is 550 g/mol. The Morgan fingerprint density at radius 3 is 2.46 bits per heavy atom. The van der Waals surface area contributed by atoms with E-state index in [0.717, 1.165) is 12.3 Å². The van der Waals surface area contributed by atoms with Gasteiger partial charge in [-0.2, -0.15) is 8.42 Å². The number of amides is 1. The van der Waals surface area contributed by atoms with Crippen molar-refractivity contribution in [3.8, 4) is 0 Å². The number of fused-ring (bicyclic) bond motifs is 1. The summed E-state index contributed by atoms with van der Waals surface area (Å²) >= 11 is 0. The number of hydrogen-bond acceptors (Lipinski definition) is 7. The molecule has 0 spiro atoms. The number of rotatable bonds is 7. The summed E-state index contributed by atoms with van der Waals surface area (Å²) in [4.78, 5) is 28.1. The van der Waals surface area contributed by atoms with Crippen molar-refractivity contribution in [1.29, 1.82) is 0 Å². The molecule has 2 heterocycles. The molecule has 4 rings (SSSR count). The maximum Gasteiger partial charge on any atom is 0.286 e. The Labute approximate surface area is 215 Å². The van der Waals surface area contributed by atoms with Crippen molar-refractivity contribution in [2.45, 2.75) is 44.2 Å². The number of nitrogens with one attached hydrogen (secondary N) is 2. The fourth-order valence-corrected chi connectivity index (χ4v) is 6.28. The second kappa shape index (κ2) is 9.86. The minimum Gasteiger partial charge on any atom is -0.341 e. The van der Waals surface area contributed by atoms with E-state index < -0.39 is 49.5 Å². The molecule has 2 aliphatic rings. The van der Waals surface area contributed by atoms with Gasteiger partial charge in [-0.15, -0.1) is 4.40 Å². The minimum absolute atomic E-state index is 0.0145. The molecule has 2 unspecified atom stereocenters. The molecule has 0 aromatic heterocycles. The van der Waals surface area contributed by atoms with Crippen molar-refractivity contribution in [3.05, 3.63) is 53.8 Å². The van der Waals surface area contributed by atoms with Crippen LogP contribution in [0, 0.1) is 17.7 Å².